The van der Waals surface area contributed by atoms with Gasteiger partial charge in [-0.05, 0) is 56.5 Å². The van der Waals surface area contributed by atoms with Gasteiger partial charge in [-0.15, -0.1) is 0 Å². The van der Waals surface area contributed by atoms with E-state index in [9.17, 15) is 14.9 Å². The lowest BCUT2D eigenvalue weighted by molar-refractivity contribution is -0.384. The Morgan fingerprint density at radius 3 is 2.52 bits per heavy atom. The molecule has 0 bridgehead atoms. The standard InChI is InChI=1S/C22H26N4O3/c27-22(17-8-11-19(24-18-9-10-18)20(14-17)26(28)29)23-15-21(25-12-4-5-13-25)16-6-2-1-3-7-16/h1-3,6-8,11,14,18,21,24H,4-5,9-10,12-13,15H2,(H,23,27). The van der Waals surface area contributed by atoms with Gasteiger partial charge in [0.15, 0.2) is 0 Å². The van der Waals surface area contributed by atoms with Crippen LogP contribution >= 0.6 is 0 Å². The summed E-state index contributed by atoms with van der Waals surface area (Å²) in [6.07, 6.45) is 4.38. The topological polar surface area (TPSA) is 87.5 Å². The van der Waals surface area contributed by atoms with E-state index in [1.54, 1.807) is 12.1 Å². The number of carbonyl (C=O) groups excluding carboxylic acids is 1. The number of amides is 1. The lowest BCUT2D eigenvalue weighted by atomic mass is 10.1. The maximum absolute atomic E-state index is 12.7. The molecule has 2 aromatic rings. The number of carbonyl (C=O) groups is 1. The summed E-state index contributed by atoms with van der Waals surface area (Å²) in [7, 11) is 0. The van der Waals surface area contributed by atoms with Gasteiger partial charge in [0.25, 0.3) is 11.6 Å². The zero-order valence-electron chi connectivity index (χ0n) is 16.3. The predicted molar refractivity (Wildman–Crippen MR) is 112 cm³/mol. The molecule has 1 aliphatic carbocycles. The van der Waals surface area contributed by atoms with Crippen molar-refractivity contribution in [3.8, 4) is 0 Å². The molecule has 1 heterocycles. The van der Waals surface area contributed by atoms with Gasteiger partial charge in [0.05, 0.1) is 11.0 Å². The Balaban J connectivity index is 1.47. The maximum atomic E-state index is 12.7. The molecule has 0 aromatic heterocycles. The number of nitrogens with zero attached hydrogens (tertiary/aromatic N) is 2. The number of anilines is 1. The summed E-state index contributed by atoms with van der Waals surface area (Å²) in [4.78, 5) is 26.2. The molecule has 2 fully saturated rings. The molecule has 1 saturated carbocycles. The lowest BCUT2D eigenvalue weighted by Crippen LogP contribution is -2.36. The first kappa shape index (κ1) is 19.4. The minimum Gasteiger partial charge on any atom is -0.377 e. The fourth-order valence-electron chi connectivity index (χ4n) is 3.87. The second-order valence-electron chi connectivity index (χ2n) is 7.79. The molecule has 0 spiro atoms. The van der Waals surface area contributed by atoms with Gasteiger partial charge in [-0.1, -0.05) is 30.3 Å². The zero-order valence-corrected chi connectivity index (χ0v) is 16.3. The molecule has 2 aliphatic rings. The number of likely N-dealkylation sites (tertiary alicyclic amines) is 1. The van der Waals surface area contributed by atoms with Crippen molar-refractivity contribution in [2.24, 2.45) is 0 Å². The van der Waals surface area contributed by atoms with E-state index in [1.807, 2.05) is 18.2 Å². The van der Waals surface area contributed by atoms with E-state index in [-0.39, 0.29) is 17.6 Å². The molecule has 7 heteroatoms. The summed E-state index contributed by atoms with van der Waals surface area (Å²) in [5.41, 5.74) is 1.91. The summed E-state index contributed by atoms with van der Waals surface area (Å²) in [5.74, 6) is -0.286. The third-order valence-corrected chi connectivity index (χ3v) is 5.62. The Morgan fingerprint density at radius 1 is 1.14 bits per heavy atom. The zero-order chi connectivity index (χ0) is 20.2. The highest BCUT2D eigenvalue weighted by molar-refractivity contribution is 5.95. The largest absolute Gasteiger partial charge is 0.377 e. The highest BCUT2D eigenvalue weighted by Crippen LogP contribution is 2.31. The molecule has 1 atom stereocenters. The maximum Gasteiger partial charge on any atom is 0.293 e. The number of nitro benzene ring substituents is 1. The van der Waals surface area contributed by atoms with Crippen molar-refractivity contribution in [2.75, 3.05) is 25.0 Å². The molecule has 1 saturated heterocycles. The van der Waals surface area contributed by atoms with Gasteiger partial charge < -0.3 is 10.6 Å². The second-order valence-corrected chi connectivity index (χ2v) is 7.79. The van der Waals surface area contributed by atoms with Gasteiger partial charge in [-0.3, -0.25) is 19.8 Å². The highest BCUT2D eigenvalue weighted by atomic mass is 16.6. The van der Waals surface area contributed by atoms with Crippen LogP contribution in [0.1, 0.15) is 47.6 Å². The van der Waals surface area contributed by atoms with Crippen LogP contribution in [0.25, 0.3) is 0 Å². The number of benzene rings is 2. The first-order valence-corrected chi connectivity index (χ1v) is 10.2. The molecule has 152 valence electrons. The summed E-state index contributed by atoms with van der Waals surface area (Å²) < 4.78 is 0. The van der Waals surface area contributed by atoms with Crippen LogP contribution in [0.4, 0.5) is 11.4 Å². The number of nitrogens with one attached hydrogen (secondary N) is 2. The Bertz CT molecular complexity index is 877. The Labute approximate surface area is 170 Å². The smallest absolute Gasteiger partial charge is 0.293 e. The molecule has 1 aliphatic heterocycles. The summed E-state index contributed by atoms with van der Waals surface area (Å²) >= 11 is 0. The van der Waals surface area contributed by atoms with Crippen LogP contribution in [0.5, 0.6) is 0 Å². The van der Waals surface area contributed by atoms with Crippen molar-refractivity contribution >= 4 is 17.3 Å². The van der Waals surface area contributed by atoms with Crippen LogP contribution in [-0.2, 0) is 0 Å². The van der Waals surface area contributed by atoms with Crippen LogP contribution in [0, 0.1) is 10.1 Å². The van der Waals surface area contributed by atoms with E-state index in [1.165, 1.54) is 24.5 Å². The minimum atomic E-state index is -0.432. The highest BCUT2D eigenvalue weighted by Gasteiger charge is 2.27. The predicted octanol–water partition coefficient (Wildman–Crippen LogP) is 3.74. The van der Waals surface area contributed by atoms with Gasteiger partial charge in [-0.25, -0.2) is 0 Å². The molecule has 1 unspecified atom stereocenters. The fraction of sp³-hybridized carbons (Fsp3) is 0.409. The van der Waals surface area contributed by atoms with E-state index in [0.717, 1.165) is 25.9 Å². The molecule has 1 amide bonds. The van der Waals surface area contributed by atoms with E-state index in [2.05, 4.69) is 27.7 Å². The minimum absolute atomic E-state index is 0.0521. The molecular weight excluding hydrogens is 368 g/mol. The van der Waals surface area contributed by atoms with Crippen LogP contribution < -0.4 is 10.6 Å². The average molecular weight is 394 g/mol. The molecule has 29 heavy (non-hydrogen) atoms. The number of nitro groups is 1. The van der Waals surface area contributed by atoms with Crippen LogP contribution in [0.3, 0.4) is 0 Å². The van der Waals surface area contributed by atoms with Crippen molar-refractivity contribution in [3.05, 3.63) is 69.8 Å². The third kappa shape index (κ3) is 4.74. The Morgan fingerprint density at radius 2 is 1.86 bits per heavy atom. The monoisotopic (exact) mass is 394 g/mol. The first-order valence-electron chi connectivity index (χ1n) is 10.2. The van der Waals surface area contributed by atoms with Crippen molar-refractivity contribution in [2.45, 2.75) is 37.8 Å². The van der Waals surface area contributed by atoms with Crippen molar-refractivity contribution < 1.29 is 9.72 Å². The van der Waals surface area contributed by atoms with Gasteiger partial charge >= 0.3 is 0 Å². The Kier molecular flexibility index (Phi) is 5.76. The fourth-order valence-corrected chi connectivity index (χ4v) is 3.87. The van der Waals surface area contributed by atoms with E-state index >= 15 is 0 Å². The van der Waals surface area contributed by atoms with Crippen molar-refractivity contribution in [1.82, 2.24) is 10.2 Å². The second kappa shape index (κ2) is 8.61. The van der Waals surface area contributed by atoms with Gasteiger partial charge in [-0.2, -0.15) is 0 Å². The van der Waals surface area contributed by atoms with E-state index in [4.69, 9.17) is 0 Å². The first-order chi connectivity index (χ1) is 14.1. The number of rotatable bonds is 8. The van der Waals surface area contributed by atoms with Crippen LogP contribution in [-0.4, -0.2) is 41.4 Å². The van der Waals surface area contributed by atoms with Gasteiger partial charge in [0, 0.05) is 24.2 Å². The molecule has 0 radical (unpaired) electrons. The lowest BCUT2D eigenvalue weighted by Gasteiger charge is -2.28. The van der Waals surface area contributed by atoms with Crippen molar-refractivity contribution in [3.63, 3.8) is 0 Å². The third-order valence-electron chi connectivity index (χ3n) is 5.62. The molecule has 2 aromatic carbocycles. The summed E-state index contributed by atoms with van der Waals surface area (Å²) in [6, 6.07) is 15.2. The normalized spacial score (nSPS) is 17.7. The van der Waals surface area contributed by atoms with E-state index < -0.39 is 4.92 Å². The number of hydrogen-bond donors (Lipinski definition) is 2. The molecule has 2 N–H and O–H groups in total. The summed E-state index contributed by atoms with van der Waals surface area (Å²) in [5, 5.41) is 17.6. The molecule has 7 nitrogen and oxygen atoms in total. The van der Waals surface area contributed by atoms with Crippen LogP contribution in [0.2, 0.25) is 0 Å². The molecular formula is C22H26N4O3. The molecule has 4 rings (SSSR count). The van der Waals surface area contributed by atoms with Gasteiger partial charge in [0.1, 0.15) is 5.69 Å². The van der Waals surface area contributed by atoms with Crippen molar-refractivity contribution in [1.29, 1.82) is 0 Å². The quantitative estimate of drug-likeness (QED) is 0.526. The number of hydrogen-bond acceptors (Lipinski definition) is 5. The Hall–Kier alpha value is -2.93. The SMILES string of the molecule is O=C(NCC(c1ccccc1)N1CCCC1)c1ccc(NC2CC2)c([N+](=O)[O-])c1. The van der Waals surface area contributed by atoms with Gasteiger partial charge in [0.2, 0.25) is 0 Å². The average Bonchev–Trinajstić information content (AvgIpc) is 3.39. The van der Waals surface area contributed by atoms with Crippen LogP contribution in [0.15, 0.2) is 48.5 Å². The summed E-state index contributed by atoms with van der Waals surface area (Å²) in [6.45, 7) is 2.50. The van der Waals surface area contributed by atoms with E-state index in [0.29, 0.717) is 23.8 Å².